The Morgan fingerprint density at radius 3 is 2.63 bits per heavy atom. The van der Waals surface area contributed by atoms with E-state index in [1.54, 1.807) is 13.0 Å². The quantitative estimate of drug-likeness (QED) is 0.722. The van der Waals surface area contributed by atoms with Crippen molar-refractivity contribution in [3.63, 3.8) is 0 Å². The highest BCUT2D eigenvalue weighted by molar-refractivity contribution is 6.31. The maximum atomic E-state index is 13.4. The summed E-state index contributed by atoms with van der Waals surface area (Å²) >= 11 is 5.86. The number of rotatable bonds is 7. The Bertz CT molecular complexity index is 440. The van der Waals surface area contributed by atoms with E-state index in [0.717, 1.165) is 0 Å². The number of ether oxygens (including phenoxy) is 1. The van der Waals surface area contributed by atoms with Gasteiger partial charge in [-0.15, -0.1) is 0 Å². The van der Waals surface area contributed by atoms with Crippen LogP contribution in [-0.4, -0.2) is 18.4 Å². The lowest BCUT2D eigenvalue weighted by Gasteiger charge is -2.05. The number of benzene rings is 1. The Hall–Kier alpha value is -1.42. The molecule has 0 unspecified atom stereocenters. The van der Waals surface area contributed by atoms with Crippen molar-refractivity contribution in [3.8, 4) is 0 Å². The first-order valence-corrected chi connectivity index (χ1v) is 6.52. The van der Waals surface area contributed by atoms with Crippen LogP contribution in [0.5, 0.6) is 0 Å². The van der Waals surface area contributed by atoms with Crippen LogP contribution in [-0.2, 0) is 20.7 Å². The lowest BCUT2D eigenvalue weighted by molar-refractivity contribution is -0.144. The second kappa shape index (κ2) is 7.89. The fraction of sp³-hybridized carbons (Fsp3) is 0.429. The van der Waals surface area contributed by atoms with E-state index in [2.05, 4.69) is 0 Å². The van der Waals surface area contributed by atoms with E-state index >= 15 is 0 Å². The summed E-state index contributed by atoms with van der Waals surface area (Å²) in [4.78, 5) is 22.6. The van der Waals surface area contributed by atoms with Crippen molar-refractivity contribution in [3.05, 3.63) is 34.6 Å². The van der Waals surface area contributed by atoms with Crippen molar-refractivity contribution in [2.75, 3.05) is 6.61 Å². The minimum absolute atomic E-state index is 0.0671. The van der Waals surface area contributed by atoms with Crippen LogP contribution >= 0.6 is 11.6 Å². The summed E-state index contributed by atoms with van der Waals surface area (Å²) in [5.41, 5.74) is 0.341. The highest BCUT2D eigenvalue weighted by atomic mass is 35.5. The molecular formula is C14H16ClFO3. The second-order valence-electron chi connectivity index (χ2n) is 4.04. The second-order valence-corrected chi connectivity index (χ2v) is 4.45. The van der Waals surface area contributed by atoms with Crippen LogP contribution in [0.3, 0.4) is 0 Å². The van der Waals surface area contributed by atoms with Crippen molar-refractivity contribution >= 4 is 23.4 Å². The maximum Gasteiger partial charge on any atom is 0.306 e. The summed E-state index contributed by atoms with van der Waals surface area (Å²) in [5, 5.41) is 0.318. The number of esters is 1. The molecule has 0 bridgehead atoms. The van der Waals surface area contributed by atoms with Gasteiger partial charge in [0.25, 0.3) is 0 Å². The molecule has 0 aliphatic carbocycles. The Balaban J connectivity index is 2.40. The minimum Gasteiger partial charge on any atom is -0.466 e. The smallest absolute Gasteiger partial charge is 0.306 e. The van der Waals surface area contributed by atoms with Gasteiger partial charge in [-0.25, -0.2) is 4.39 Å². The van der Waals surface area contributed by atoms with Gasteiger partial charge < -0.3 is 4.74 Å². The molecule has 0 amide bonds. The molecule has 0 fully saturated rings. The minimum atomic E-state index is -0.411. The fourth-order valence-corrected chi connectivity index (χ4v) is 1.89. The van der Waals surface area contributed by atoms with E-state index < -0.39 is 5.82 Å². The molecule has 0 heterocycles. The predicted molar refractivity (Wildman–Crippen MR) is 70.6 cm³/mol. The van der Waals surface area contributed by atoms with Crippen LogP contribution in [0.4, 0.5) is 4.39 Å². The molecule has 104 valence electrons. The topological polar surface area (TPSA) is 43.4 Å². The summed E-state index contributed by atoms with van der Waals surface area (Å²) < 4.78 is 18.2. The molecule has 19 heavy (non-hydrogen) atoms. The van der Waals surface area contributed by atoms with Gasteiger partial charge in [0.2, 0.25) is 0 Å². The first-order valence-electron chi connectivity index (χ1n) is 6.14. The van der Waals surface area contributed by atoms with Crippen LogP contribution < -0.4 is 0 Å². The van der Waals surface area contributed by atoms with Crippen LogP contribution in [0.15, 0.2) is 18.2 Å². The zero-order valence-electron chi connectivity index (χ0n) is 10.7. The number of halogens is 2. The van der Waals surface area contributed by atoms with Crippen LogP contribution in [0.2, 0.25) is 5.02 Å². The molecule has 0 aromatic heterocycles. The average Bonchev–Trinajstić information content (AvgIpc) is 2.36. The lowest BCUT2D eigenvalue weighted by Crippen LogP contribution is -2.08. The molecule has 3 nitrogen and oxygen atoms in total. The van der Waals surface area contributed by atoms with Gasteiger partial charge in [-0.1, -0.05) is 17.7 Å². The van der Waals surface area contributed by atoms with Crippen molar-refractivity contribution in [2.24, 2.45) is 0 Å². The molecule has 0 aliphatic heterocycles. The van der Waals surface area contributed by atoms with Gasteiger partial charge in [0.05, 0.1) is 13.0 Å². The van der Waals surface area contributed by atoms with Crippen molar-refractivity contribution in [1.29, 1.82) is 0 Å². The third-order valence-electron chi connectivity index (χ3n) is 2.63. The van der Waals surface area contributed by atoms with Crippen molar-refractivity contribution in [1.82, 2.24) is 0 Å². The van der Waals surface area contributed by atoms with Crippen molar-refractivity contribution in [2.45, 2.75) is 32.6 Å². The van der Waals surface area contributed by atoms with Gasteiger partial charge in [-0.2, -0.15) is 0 Å². The Kier molecular flexibility index (Phi) is 6.50. The van der Waals surface area contributed by atoms with Crippen molar-refractivity contribution < 1.29 is 18.7 Å². The third kappa shape index (κ3) is 5.39. The first-order chi connectivity index (χ1) is 9.04. The van der Waals surface area contributed by atoms with Gasteiger partial charge in [-0.3, -0.25) is 9.59 Å². The molecule has 0 saturated carbocycles. The highest BCUT2D eigenvalue weighted by Gasteiger charge is 2.11. The molecule has 1 aromatic rings. The molecule has 0 aliphatic rings. The normalized spacial score (nSPS) is 10.3. The van der Waals surface area contributed by atoms with E-state index in [1.807, 2.05) is 0 Å². The molecule has 0 spiro atoms. The number of ketones is 1. The first kappa shape index (κ1) is 15.6. The third-order valence-corrected chi connectivity index (χ3v) is 2.98. The Labute approximate surface area is 116 Å². The number of carbonyl (C=O) groups is 2. The van der Waals surface area contributed by atoms with Gasteiger partial charge in [-0.05, 0) is 25.5 Å². The van der Waals surface area contributed by atoms with Gasteiger partial charge in [0.1, 0.15) is 11.6 Å². The maximum absolute atomic E-state index is 13.4. The Morgan fingerprint density at radius 2 is 2.00 bits per heavy atom. The number of Topliss-reactive ketones (excluding diaryl/α,β-unsaturated/α-hetero) is 1. The number of carbonyl (C=O) groups excluding carboxylic acids is 2. The zero-order valence-corrected chi connectivity index (χ0v) is 11.5. The standard InChI is InChI=1S/C14H16ClFO3/c1-2-19-14(18)9-7-10(17)6-8-11-12(15)4-3-5-13(11)16/h3-5H,2,6-9H2,1H3. The molecule has 1 rings (SSSR count). The lowest BCUT2D eigenvalue weighted by atomic mass is 10.0. The van der Waals surface area contributed by atoms with Crippen LogP contribution in [0, 0.1) is 5.82 Å². The average molecular weight is 287 g/mol. The largest absolute Gasteiger partial charge is 0.466 e. The van der Waals surface area contributed by atoms with Gasteiger partial charge in [0, 0.05) is 23.4 Å². The van der Waals surface area contributed by atoms with Crippen LogP contribution in [0.1, 0.15) is 31.7 Å². The van der Waals surface area contributed by atoms with E-state index in [1.165, 1.54) is 12.1 Å². The molecule has 0 N–H and O–H groups in total. The summed E-state index contributed by atoms with van der Waals surface area (Å²) in [6, 6.07) is 4.41. The zero-order chi connectivity index (χ0) is 14.3. The van der Waals surface area contributed by atoms with E-state index in [0.29, 0.717) is 17.2 Å². The fourth-order valence-electron chi connectivity index (χ4n) is 1.64. The van der Waals surface area contributed by atoms with Crippen LogP contribution in [0.25, 0.3) is 0 Å². The molecule has 1 aromatic carbocycles. The summed E-state index contributed by atoms with van der Waals surface area (Å²) in [6.07, 6.45) is 0.593. The van der Waals surface area contributed by atoms with E-state index in [9.17, 15) is 14.0 Å². The summed E-state index contributed by atoms with van der Waals surface area (Å²) in [5.74, 6) is -0.905. The summed E-state index contributed by atoms with van der Waals surface area (Å²) in [7, 11) is 0. The van der Waals surface area contributed by atoms with E-state index in [4.69, 9.17) is 16.3 Å². The highest BCUT2D eigenvalue weighted by Crippen LogP contribution is 2.20. The number of hydrogen-bond acceptors (Lipinski definition) is 3. The number of hydrogen-bond donors (Lipinski definition) is 0. The van der Waals surface area contributed by atoms with Gasteiger partial charge in [0.15, 0.2) is 0 Å². The molecular weight excluding hydrogens is 271 g/mol. The molecule has 5 heteroatoms. The monoisotopic (exact) mass is 286 g/mol. The SMILES string of the molecule is CCOC(=O)CCC(=O)CCc1c(F)cccc1Cl. The van der Waals surface area contributed by atoms with Gasteiger partial charge >= 0.3 is 5.97 Å². The molecule has 0 atom stereocenters. The molecule has 0 radical (unpaired) electrons. The Morgan fingerprint density at radius 1 is 1.26 bits per heavy atom. The predicted octanol–water partition coefficient (Wildman–Crippen LogP) is 3.32. The van der Waals surface area contributed by atoms with E-state index in [-0.39, 0.29) is 37.4 Å². The summed E-state index contributed by atoms with van der Waals surface area (Å²) in [6.45, 7) is 2.01. The molecule has 0 saturated heterocycles.